The summed E-state index contributed by atoms with van der Waals surface area (Å²) in [5.41, 5.74) is 0. The number of nitrogens with zero attached hydrogens (tertiary/aromatic N) is 2. The van der Waals surface area contributed by atoms with Gasteiger partial charge in [-0.2, -0.15) is 0 Å². The average molecular weight is 230 g/mol. The number of hydrogen-bond donors (Lipinski definition) is 0. The summed E-state index contributed by atoms with van der Waals surface area (Å²) in [6, 6.07) is 0. The molecule has 0 N–H and O–H groups in total. The van der Waals surface area contributed by atoms with Crippen LogP contribution in [0.4, 0.5) is 0 Å². The number of likely N-dealkylation sites (N-methyl/N-ethyl adjacent to an activating group) is 1. The van der Waals surface area contributed by atoms with Crippen LogP contribution in [0, 0.1) is 0 Å². The number of likely N-dealkylation sites (tertiary alicyclic amines) is 1. The molecule has 0 amide bonds. The molecule has 16 heavy (non-hydrogen) atoms. The normalized spacial score (nSPS) is 26.4. The number of hydrogen-bond acceptors (Lipinski definition) is 3. The highest BCUT2D eigenvalue weighted by atomic mass is 16.5. The third-order valence-electron chi connectivity index (χ3n) is 2.73. The van der Waals surface area contributed by atoms with Crippen LogP contribution in [0.15, 0.2) is 0 Å². The molecule has 1 atom stereocenters. The summed E-state index contributed by atoms with van der Waals surface area (Å²) in [6.45, 7) is 10.6. The lowest BCUT2D eigenvalue weighted by atomic mass is 10.1. The molecule has 2 heterocycles. The van der Waals surface area contributed by atoms with E-state index in [2.05, 4.69) is 30.8 Å². The van der Waals surface area contributed by atoms with Gasteiger partial charge in [-0.3, -0.25) is 4.90 Å². The molecule has 0 aromatic heterocycles. The van der Waals surface area contributed by atoms with E-state index in [0.29, 0.717) is 6.10 Å². The minimum absolute atomic E-state index is 0.449. The number of piperidine rings is 1. The molecule has 2 saturated heterocycles. The Bertz CT molecular complexity index is 135. The minimum atomic E-state index is 0.449. The van der Waals surface area contributed by atoms with Gasteiger partial charge >= 0.3 is 0 Å². The minimum Gasteiger partial charge on any atom is -0.362 e. The van der Waals surface area contributed by atoms with Gasteiger partial charge in [-0.15, -0.1) is 0 Å². The Labute approximate surface area is 102 Å². The molecule has 2 aliphatic heterocycles. The Hall–Kier alpha value is -0.120. The van der Waals surface area contributed by atoms with Gasteiger partial charge in [0.1, 0.15) is 0 Å². The predicted molar refractivity (Wildman–Crippen MR) is 70.7 cm³/mol. The highest BCUT2D eigenvalue weighted by molar-refractivity contribution is 4.60. The summed E-state index contributed by atoms with van der Waals surface area (Å²) in [5, 5.41) is 0. The Morgan fingerprint density at radius 3 is 1.69 bits per heavy atom. The van der Waals surface area contributed by atoms with E-state index in [-0.39, 0.29) is 0 Å². The maximum Gasteiger partial charge on any atom is 0.0992 e. The van der Waals surface area contributed by atoms with Crippen molar-refractivity contribution in [3.05, 3.63) is 0 Å². The first-order valence-electron chi connectivity index (χ1n) is 6.67. The van der Waals surface area contributed by atoms with Crippen molar-refractivity contribution in [2.24, 2.45) is 0 Å². The van der Waals surface area contributed by atoms with E-state index in [9.17, 15) is 0 Å². The van der Waals surface area contributed by atoms with E-state index >= 15 is 0 Å². The molecule has 0 saturated carbocycles. The SMILES string of the molecule is CC.CC1CN(C)CO1.CN1CCCCC1. The van der Waals surface area contributed by atoms with Gasteiger partial charge in [-0.05, 0) is 47.0 Å². The third kappa shape index (κ3) is 8.08. The van der Waals surface area contributed by atoms with Crippen LogP contribution < -0.4 is 0 Å². The molecule has 0 spiro atoms. The van der Waals surface area contributed by atoms with Crippen LogP contribution in [0.2, 0.25) is 0 Å². The maximum atomic E-state index is 5.19. The van der Waals surface area contributed by atoms with E-state index in [0.717, 1.165) is 13.3 Å². The fraction of sp³-hybridized carbons (Fsp3) is 1.00. The molecule has 0 bridgehead atoms. The topological polar surface area (TPSA) is 15.7 Å². The lowest BCUT2D eigenvalue weighted by Gasteiger charge is -2.20. The molecule has 0 aliphatic carbocycles. The van der Waals surface area contributed by atoms with Gasteiger partial charge in [0.05, 0.1) is 12.8 Å². The Kier molecular flexibility index (Phi) is 9.99. The van der Waals surface area contributed by atoms with Crippen molar-refractivity contribution in [2.75, 3.05) is 40.5 Å². The summed E-state index contributed by atoms with van der Waals surface area (Å²) in [7, 11) is 4.25. The monoisotopic (exact) mass is 230 g/mol. The Morgan fingerprint density at radius 1 is 0.938 bits per heavy atom. The molecule has 1 unspecified atom stereocenters. The first-order valence-corrected chi connectivity index (χ1v) is 6.67. The first-order chi connectivity index (χ1) is 7.68. The van der Waals surface area contributed by atoms with Gasteiger partial charge in [0.15, 0.2) is 0 Å². The zero-order valence-corrected chi connectivity index (χ0v) is 11.8. The molecular formula is C13H30N2O. The van der Waals surface area contributed by atoms with Crippen LogP contribution in [-0.4, -0.2) is 56.4 Å². The summed E-state index contributed by atoms with van der Waals surface area (Å²) >= 11 is 0. The Balaban J connectivity index is 0.000000244. The molecule has 0 aromatic rings. The quantitative estimate of drug-likeness (QED) is 0.635. The van der Waals surface area contributed by atoms with Crippen molar-refractivity contribution in [1.29, 1.82) is 0 Å². The fourth-order valence-corrected chi connectivity index (χ4v) is 1.85. The highest BCUT2D eigenvalue weighted by Crippen LogP contribution is 2.04. The second kappa shape index (κ2) is 10.1. The van der Waals surface area contributed by atoms with Crippen molar-refractivity contribution in [2.45, 2.75) is 46.1 Å². The highest BCUT2D eigenvalue weighted by Gasteiger charge is 2.13. The number of ether oxygens (including phenoxy) is 1. The van der Waals surface area contributed by atoms with Crippen molar-refractivity contribution >= 4 is 0 Å². The van der Waals surface area contributed by atoms with Gasteiger partial charge in [-0.25, -0.2) is 0 Å². The van der Waals surface area contributed by atoms with Crippen LogP contribution in [-0.2, 0) is 4.74 Å². The largest absolute Gasteiger partial charge is 0.362 e. The van der Waals surface area contributed by atoms with E-state index in [1.165, 1.54) is 32.4 Å². The molecule has 0 aromatic carbocycles. The fourth-order valence-electron chi connectivity index (χ4n) is 1.85. The lowest BCUT2D eigenvalue weighted by Crippen LogP contribution is -2.24. The molecule has 2 rings (SSSR count). The van der Waals surface area contributed by atoms with E-state index in [1.54, 1.807) is 0 Å². The second-order valence-electron chi connectivity index (χ2n) is 4.51. The summed E-state index contributed by atoms with van der Waals surface area (Å²) in [6.07, 6.45) is 4.72. The molecule has 2 aliphatic rings. The van der Waals surface area contributed by atoms with E-state index < -0.39 is 0 Å². The van der Waals surface area contributed by atoms with Gasteiger partial charge in [-0.1, -0.05) is 20.3 Å². The Morgan fingerprint density at radius 2 is 1.50 bits per heavy atom. The van der Waals surface area contributed by atoms with E-state index in [4.69, 9.17) is 4.74 Å². The summed E-state index contributed by atoms with van der Waals surface area (Å²) < 4.78 is 5.19. The van der Waals surface area contributed by atoms with E-state index in [1.807, 2.05) is 13.8 Å². The smallest absolute Gasteiger partial charge is 0.0992 e. The third-order valence-corrected chi connectivity index (χ3v) is 2.73. The van der Waals surface area contributed by atoms with Gasteiger partial charge in [0.25, 0.3) is 0 Å². The molecule has 2 fully saturated rings. The molecule has 0 radical (unpaired) electrons. The molecular weight excluding hydrogens is 200 g/mol. The van der Waals surface area contributed by atoms with Gasteiger partial charge in [0, 0.05) is 6.54 Å². The van der Waals surface area contributed by atoms with Crippen LogP contribution >= 0.6 is 0 Å². The van der Waals surface area contributed by atoms with Crippen molar-refractivity contribution < 1.29 is 4.74 Å². The van der Waals surface area contributed by atoms with Gasteiger partial charge < -0.3 is 9.64 Å². The van der Waals surface area contributed by atoms with Crippen LogP contribution in [0.3, 0.4) is 0 Å². The molecule has 3 heteroatoms. The van der Waals surface area contributed by atoms with Crippen molar-refractivity contribution in [3.8, 4) is 0 Å². The van der Waals surface area contributed by atoms with Crippen molar-refractivity contribution in [3.63, 3.8) is 0 Å². The average Bonchev–Trinajstić information content (AvgIpc) is 2.67. The first kappa shape index (κ1) is 15.9. The molecule has 98 valence electrons. The van der Waals surface area contributed by atoms with Crippen LogP contribution in [0.5, 0.6) is 0 Å². The maximum absolute atomic E-state index is 5.19. The number of rotatable bonds is 0. The lowest BCUT2D eigenvalue weighted by molar-refractivity contribution is 0.106. The van der Waals surface area contributed by atoms with Gasteiger partial charge in [0.2, 0.25) is 0 Å². The van der Waals surface area contributed by atoms with Crippen molar-refractivity contribution in [1.82, 2.24) is 9.80 Å². The molecule has 3 nitrogen and oxygen atoms in total. The second-order valence-corrected chi connectivity index (χ2v) is 4.51. The summed E-state index contributed by atoms with van der Waals surface area (Å²) in [5.74, 6) is 0. The van der Waals surface area contributed by atoms with Crippen LogP contribution in [0.1, 0.15) is 40.0 Å². The zero-order chi connectivity index (χ0) is 12.4. The standard InChI is InChI=1S/C6H13N.C5H11NO.C2H6/c1-7-5-3-2-4-6-7;1-5-3-6(2)4-7-5;1-2/h2-6H2,1H3;5H,3-4H2,1-2H3;1-2H3. The zero-order valence-electron chi connectivity index (χ0n) is 11.8. The summed E-state index contributed by atoms with van der Waals surface area (Å²) in [4.78, 5) is 4.55. The predicted octanol–water partition coefficient (Wildman–Crippen LogP) is 2.42. The van der Waals surface area contributed by atoms with Crippen LogP contribution in [0.25, 0.3) is 0 Å².